The Morgan fingerprint density at radius 2 is 2.00 bits per heavy atom. The molecule has 0 saturated carbocycles. The first-order chi connectivity index (χ1) is 10.5. The Hall–Kier alpha value is -2.75. The summed E-state index contributed by atoms with van der Waals surface area (Å²) < 4.78 is 14.3. The first kappa shape index (κ1) is 15.6. The summed E-state index contributed by atoms with van der Waals surface area (Å²) in [6, 6.07) is 12.1. The molecule has 0 aliphatic carbocycles. The molecule has 3 nitrogen and oxygen atoms in total. The van der Waals surface area contributed by atoms with E-state index >= 15 is 0 Å². The van der Waals surface area contributed by atoms with Crippen LogP contribution in [0.1, 0.15) is 24.0 Å². The molecule has 0 aliphatic rings. The first-order valence-electron chi connectivity index (χ1n) is 6.90. The Labute approximate surface area is 128 Å². The SMILES string of the molecule is C=Cc1cccc(-c2ccc(C(=N)CCC(N)=O)cc2F)c1. The van der Waals surface area contributed by atoms with Gasteiger partial charge in [0.1, 0.15) is 5.82 Å². The second-order valence-electron chi connectivity index (χ2n) is 4.97. The van der Waals surface area contributed by atoms with E-state index in [9.17, 15) is 9.18 Å². The van der Waals surface area contributed by atoms with Gasteiger partial charge in [-0.1, -0.05) is 43.0 Å². The van der Waals surface area contributed by atoms with Crippen LogP contribution in [-0.4, -0.2) is 11.6 Å². The molecule has 0 radical (unpaired) electrons. The number of primary amides is 1. The predicted molar refractivity (Wildman–Crippen MR) is 87.2 cm³/mol. The van der Waals surface area contributed by atoms with Crippen molar-refractivity contribution in [3.05, 3.63) is 66.0 Å². The van der Waals surface area contributed by atoms with Crippen molar-refractivity contribution in [1.29, 1.82) is 5.41 Å². The largest absolute Gasteiger partial charge is 0.370 e. The van der Waals surface area contributed by atoms with Crippen molar-refractivity contribution >= 4 is 17.7 Å². The van der Waals surface area contributed by atoms with Crippen molar-refractivity contribution in [2.24, 2.45) is 5.73 Å². The van der Waals surface area contributed by atoms with E-state index in [4.69, 9.17) is 11.1 Å². The lowest BCUT2D eigenvalue weighted by Gasteiger charge is -2.08. The first-order valence-corrected chi connectivity index (χ1v) is 6.90. The molecule has 2 aromatic carbocycles. The van der Waals surface area contributed by atoms with E-state index < -0.39 is 11.7 Å². The fourth-order valence-electron chi connectivity index (χ4n) is 2.16. The van der Waals surface area contributed by atoms with Crippen LogP contribution in [0, 0.1) is 11.2 Å². The van der Waals surface area contributed by atoms with Crippen molar-refractivity contribution in [3.63, 3.8) is 0 Å². The molecule has 0 heterocycles. The number of hydrogen-bond acceptors (Lipinski definition) is 2. The van der Waals surface area contributed by atoms with Crippen LogP contribution in [0.3, 0.4) is 0 Å². The van der Waals surface area contributed by atoms with Crippen molar-refractivity contribution in [2.75, 3.05) is 0 Å². The van der Waals surface area contributed by atoms with Crippen molar-refractivity contribution in [2.45, 2.75) is 12.8 Å². The van der Waals surface area contributed by atoms with Gasteiger partial charge < -0.3 is 11.1 Å². The molecular weight excluding hydrogens is 279 g/mol. The van der Waals surface area contributed by atoms with Crippen LogP contribution >= 0.6 is 0 Å². The smallest absolute Gasteiger partial charge is 0.217 e. The van der Waals surface area contributed by atoms with E-state index in [1.165, 1.54) is 6.07 Å². The molecule has 0 atom stereocenters. The third kappa shape index (κ3) is 3.67. The molecule has 0 spiro atoms. The molecule has 2 rings (SSSR count). The van der Waals surface area contributed by atoms with Gasteiger partial charge in [0, 0.05) is 17.7 Å². The van der Waals surface area contributed by atoms with E-state index in [1.54, 1.807) is 18.2 Å². The van der Waals surface area contributed by atoms with Crippen LogP contribution in [0.2, 0.25) is 0 Å². The van der Waals surface area contributed by atoms with Gasteiger partial charge >= 0.3 is 0 Å². The predicted octanol–water partition coefficient (Wildman–Crippen LogP) is 3.77. The molecule has 0 bridgehead atoms. The maximum absolute atomic E-state index is 14.3. The summed E-state index contributed by atoms with van der Waals surface area (Å²) in [6.07, 6.45) is 2.00. The average Bonchev–Trinajstić information content (AvgIpc) is 2.52. The molecule has 1 amide bonds. The number of benzene rings is 2. The molecule has 112 valence electrons. The number of nitrogens with two attached hydrogens (primary N) is 1. The molecule has 0 unspecified atom stereocenters. The molecule has 0 saturated heterocycles. The summed E-state index contributed by atoms with van der Waals surface area (Å²) in [5, 5.41) is 7.87. The highest BCUT2D eigenvalue weighted by Crippen LogP contribution is 2.25. The van der Waals surface area contributed by atoms with Crippen LogP contribution in [0.15, 0.2) is 49.0 Å². The Bertz CT molecular complexity index is 738. The summed E-state index contributed by atoms with van der Waals surface area (Å²) in [5.41, 5.74) is 7.85. The second kappa shape index (κ2) is 6.80. The summed E-state index contributed by atoms with van der Waals surface area (Å²) in [6.45, 7) is 3.70. The van der Waals surface area contributed by atoms with Gasteiger partial charge in [0.2, 0.25) is 5.91 Å². The molecule has 0 aromatic heterocycles. The summed E-state index contributed by atoms with van der Waals surface area (Å²) in [5.74, 6) is -0.870. The van der Waals surface area contributed by atoms with E-state index in [1.807, 2.05) is 24.3 Å². The lowest BCUT2D eigenvalue weighted by Crippen LogP contribution is -2.12. The molecule has 0 fully saturated rings. The highest BCUT2D eigenvalue weighted by atomic mass is 19.1. The van der Waals surface area contributed by atoms with E-state index in [2.05, 4.69) is 6.58 Å². The number of carbonyl (C=O) groups excluding carboxylic acids is 1. The quantitative estimate of drug-likeness (QED) is 0.783. The van der Waals surface area contributed by atoms with Crippen LogP contribution < -0.4 is 5.73 Å². The van der Waals surface area contributed by atoms with Crippen LogP contribution in [0.4, 0.5) is 4.39 Å². The van der Waals surface area contributed by atoms with Gasteiger partial charge in [0.05, 0.1) is 0 Å². The fraction of sp³-hybridized carbons (Fsp3) is 0.111. The van der Waals surface area contributed by atoms with Crippen molar-refractivity contribution in [1.82, 2.24) is 0 Å². The minimum Gasteiger partial charge on any atom is -0.370 e. The Morgan fingerprint density at radius 3 is 2.64 bits per heavy atom. The number of hydrogen-bond donors (Lipinski definition) is 2. The van der Waals surface area contributed by atoms with Gasteiger partial charge in [0.25, 0.3) is 0 Å². The highest BCUT2D eigenvalue weighted by molar-refractivity contribution is 6.00. The maximum atomic E-state index is 14.3. The van der Waals surface area contributed by atoms with Gasteiger partial charge in [-0.05, 0) is 35.2 Å². The van der Waals surface area contributed by atoms with Gasteiger partial charge in [-0.2, -0.15) is 0 Å². The Balaban J connectivity index is 2.27. The van der Waals surface area contributed by atoms with Crippen molar-refractivity contribution in [3.8, 4) is 11.1 Å². The number of rotatable bonds is 6. The molecule has 22 heavy (non-hydrogen) atoms. The number of nitrogens with one attached hydrogen (secondary N) is 1. The summed E-state index contributed by atoms with van der Waals surface area (Å²) in [4.78, 5) is 10.7. The third-order valence-electron chi connectivity index (χ3n) is 3.37. The van der Waals surface area contributed by atoms with Crippen LogP contribution in [-0.2, 0) is 4.79 Å². The van der Waals surface area contributed by atoms with E-state index in [0.29, 0.717) is 11.1 Å². The minimum atomic E-state index is -0.469. The zero-order valence-corrected chi connectivity index (χ0v) is 12.1. The minimum absolute atomic E-state index is 0.0869. The van der Waals surface area contributed by atoms with Crippen LogP contribution in [0.25, 0.3) is 17.2 Å². The maximum Gasteiger partial charge on any atom is 0.217 e. The standard InChI is InChI=1S/C18H17FN2O/c1-2-12-4-3-5-13(10-12)15-7-6-14(11-16(15)19)17(20)8-9-18(21)22/h2-7,10-11,20H,1,8-9H2,(H2,21,22). The zero-order chi connectivity index (χ0) is 16.1. The Morgan fingerprint density at radius 1 is 1.23 bits per heavy atom. The number of carbonyl (C=O) groups is 1. The summed E-state index contributed by atoms with van der Waals surface area (Å²) >= 11 is 0. The lowest BCUT2D eigenvalue weighted by atomic mass is 9.98. The fourth-order valence-corrected chi connectivity index (χ4v) is 2.16. The highest BCUT2D eigenvalue weighted by Gasteiger charge is 2.10. The Kier molecular flexibility index (Phi) is 4.84. The van der Waals surface area contributed by atoms with E-state index in [-0.39, 0.29) is 18.6 Å². The monoisotopic (exact) mass is 296 g/mol. The second-order valence-corrected chi connectivity index (χ2v) is 4.97. The topological polar surface area (TPSA) is 66.9 Å². The molecule has 0 aliphatic heterocycles. The third-order valence-corrected chi connectivity index (χ3v) is 3.37. The van der Waals surface area contributed by atoms with E-state index in [0.717, 1.165) is 11.1 Å². The average molecular weight is 296 g/mol. The van der Waals surface area contributed by atoms with Crippen LogP contribution in [0.5, 0.6) is 0 Å². The lowest BCUT2D eigenvalue weighted by molar-refractivity contribution is -0.117. The molecule has 3 N–H and O–H groups in total. The van der Waals surface area contributed by atoms with Crippen molar-refractivity contribution < 1.29 is 9.18 Å². The van der Waals surface area contributed by atoms with Gasteiger partial charge in [-0.3, -0.25) is 4.79 Å². The molecule has 2 aromatic rings. The number of amides is 1. The summed E-state index contributed by atoms with van der Waals surface area (Å²) in [7, 11) is 0. The van der Waals surface area contributed by atoms with Gasteiger partial charge in [0.15, 0.2) is 0 Å². The number of halogens is 1. The van der Waals surface area contributed by atoms with Gasteiger partial charge in [-0.15, -0.1) is 0 Å². The van der Waals surface area contributed by atoms with Gasteiger partial charge in [-0.25, -0.2) is 4.39 Å². The zero-order valence-electron chi connectivity index (χ0n) is 12.1. The molecular formula is C18H17FN2O. The normalized spacial score (nSPS) is 10.2. The molecule has 4 heteroatoms.